The van der Waals surface area contributed by atoms with E-state index in [0.717, 1.165) is 28.8 Å². The van der Waals surface area contributed by atoms with Gasteiger partial charge in [-0.25, -0.2) is 0 Å². The number of pyridine rings is 1. The highest BCUT2D eigenvalue weighted by atomic mass is 32.1. The van der Waals surface area contributed by atoms with E-state index in [4.69, 9.17) is 4.74 Å². The molecular formula is C26H25N3O5S. The van der Waals surface area contributed by atoms with Crippen LogP contribution < -0.4 is 5.32 Å². The molecule has 0 spiro atoms. The molecule has 2 aliphatic rings. The molecule has 4 heterocycles. The van der Waals surface area contributed by atoms with Crippen molar-refractivity contribution in [1.82, 2.24) is 15.2 Å². The summed E-state index contributed by atoms with van der Waals surface area (Å²) in [6.07, 6.45) is 4.84. The van der Waals surface area contributed by atoms with E-state index in [1.54, 1.807) is 47.6 Å². The zero-order chi connectivity index (χ0) is 24.4. The lowest BCUT2D eigenvalue weighted by Gasteiger charge is -2.37. The van der Waals surface area contributed by atoms with E-state index in [2.05, 4.69) is 10.3 Å². The molecule has 8 nitrogen and oxygen atoms in total. The van der Waals surface area contributed by atoms with Gasteiger partial charge in [-0.1, -0.05) is 18.2 Å². The molecule has 0 aliphatic carbocycles. The van der Waals surface area contributed by atoms with Crippen LogP contribution in [0.3, 0.4) is 0 Å². The van der Waals surface area contributed by atoms with Gasteiger partial charge in [-0.3, -0.25) is 19.4 Å². The second-order valence-corrected chi connectivity index (χ2v) is 9.82. The molecule has 3 unspecified atom stereocenters. The number of phenols is 1. The number of hydrogen-bond acceptors (Lipinski definition) is 7. The minimum Gasteiger partial charge on any atom is -0.508 e. The molecule has 2 saturated heterocycles. The van der Waals surface area contributed by atoms with Crippen molar-refractivity contribution < 1.29 is 24.2 Å². The Morgan fingerprint density at radius 2 is 2.03 bits per heavy atom. The summed E-state index contributed by atoms with van der Waals surface area (Å²) >= 11 is 1.32. The number of amides is 2. The number of phenolic OH excluding ortho intramolecular Hbond substituents is 1. The van der Waals surface area contributed by atoms with Gasteiger partial charge in [-0.05, 0) is 48.7 Å². The first kappa shape index (κ1) is 23.2. The number of thiophene rings is 1. The number of ketones is 1. The SMILES string of the molecule is O=C(NC(Cc1ccc(O)cc1)C(=O)N1CCCC2OCC(=O)C21)c1ccc(-c2cccnc2)s1. The van der Waals surface area contributed by atoms with E-state index in [-0.39, 0.29) is 42.5 Å². The first-order chi connectivity index (χ1) is 17.0. The van der Waals surface area contributed by atoms with Crippen LogP contribution in [0.2, 0.25) is 0 Å². The average Bonchev–Trinajstić information content (AvgIpc) is 3.53. The first-order valence-corrected chi connectivity index (χ1v) is 12.3. The number of nitrogens with zero attached hydrogens (tertiary/aromatic N) is 2. The van der Waals surface area contributed by atoms with E-state index in [1.165, 1.54) is 11.3 Å². The minimum atomic E-state index is -0.872. The highest BCUT2D eigenvalue weighted by Gasteiger charge is 2.45. The van der Waals surface area contributed by atoms with Crippen molar-refractivity contribution in [2.24, 2.45) is 0 Å². The van der Waals surface area contributed by atoms with E-state index in [9.17, 15) is 19.5 Å². The highest BCUT2D eigenvalue weighted by Crippen LogP contribution is 2.29. The van der Waals surface area contributed by atoms with Crippen LogP contribution in [0.1, 0.15) is 28.1 Å². The summed E-state index contributed by atoms with van der Waals surface area (Å²) in [5.74, 6) is -0.638. The number of likely N-dealkylation sites (tertiary alicyclic amines) is 1. The summed E-state index contributed by atoms with van der Waals surface area (Å²) in [5.41, 5.74) is 1.69. The number of carbonyl (C=O) groups is 3. The van der Waals surface area contributed by atoms with Gasteiger partial charge < -0.3 is 20.1 Å². The Bertz CT molecular complexity index is 1230. The van der Waals surface area contributed by atoms with Crippen molar-refractivity contribution in [2.45, 2.75) is 37.5 Å². The molecule has 2 fully saturated rings. The van der Waals surface area contributed by atoms with Gasteiger partial charge in [-0.2, -0.15) is 0 Å². The molecule has 0 saturated carbocycles. The molecule has 2 N–H and O–H groups in total. The highest BCUT2D eigenvalue weighted by molar-refractivity contribution is 7.17. The van der Waals surface area contributed by atoms with Crippen molar-refractivity contribution in [3.63, 3.8) is 0 Å². The van der Waals surface area contributed by atoms with Crippen LogP contribution >= 0.6 is 11.3 Å². The van der Waals surface area contributed by atoms with Crippen LogP contribution in [0, 0.1) is 0 Å². The standard InChI is InChI=1S/C26H25N3O5S/c30-18-7-5-16(6-8-18)13-19(26(33)29-12-2-4-21-24(29)20(31)15-34-21)28-25(32)23-10-9-22(35-23)17-3-1-11-27-14-17/h1,3,5-11,14,19,21,24,30H,2,4,12-13,15H2,(H,28,32). The third-order valence-corrected chi connectivity index (χ3v) is 7.52. The number of fused-ring (bicyclic) bond motifs is 1. The van der Waals surface area contributed by atoms with Gasteiger partial charge in [0.15, 0.2) is 5.78 Å². The zero-order valence-corrected chi connectivity index (χ0v) is 19.7. The lowest BCUT2D eigenvalue weighted by Crippen LogP contribution is -2.58. The third-order valence-electron chi connectivity index (χ3n) is 6.38. The average molecular weight is 492 g/mol. The van der Waals surface area contributed by atoms with Gasteiger partial charge in [0.25, 0.3) is 5.91 Å². The van der Waals surface area contributed by atoms with Crippen LogP contribution in [0.25, 0.3) is 10.4 Å². The summed E-state index contributed by atoms with van der Waals surface area (Å²) in [7, 11) is 0. The Morgan fingerprint density at radius 1 is 1.20 bits per heavy atom. The maximum atomic E-state index is 13.7. The third kappa shape index (κ3) is 4.96. The maximum Gasteiger partial charge on any atom is 0.262 e. The predicted octanol–water partition coefficient (Wildman–Crippen LogP) is 2.82. The fraction of sp³-hybridized carbons (Fsp3) is 0.308. The summed E-state index contributed by atoms with van der Waals surface area (Å²) in [6.45, 7) is 0.460. The van der Waals surface area contributed by atoms with E-state index >= 15 is 0 Å². The van der Waals surface area contributed by atoms with Crippen LogP contribution in [-0.2, 0) is 20.7 Å². The van der Waals surface area contributed by atoms with Crippen molar-refractivity contribution >= 4 is 28.9 Å². The maximum absolute atomic E-state index is 13.7. The van der Waals surface area contributed by atoms with Crippen molar-refractivity contribution in [3.05, 3.63) is 71.4 Å². The van der Waals surface area contributed by atoms with Crippen molar-refractivity contribution in [3.8, 4) is 16.2 Å². The Kier molecular flexibility index (Phi) is 6.61. The monoisotopic (exact) mass is 491 g/mol. The Hall–Kier alpha value is -3.56. The van der Waals surface area contributed by atoms with Crippen LogP contribution in [0.4, 0.5) is 0 Å². The second kappa shape index (κ2) is 9.97. The van der Waals surface area contributed by atoms with Gasteiger partial charge in [0.2, 0.25) is 5.91 Å². The number of benzene rings is 1. The molecule has 2 aromatic heterocycles. The summed E-state index contributed by atoms with van der Waals surface area (Å²) in [4.78, 5) is 46.5. The van der Waals surface area contributed by atoms with Crippen molar-refractivity contribution in [2.75, 3.05) is 13.2 Å². The second-order valence-electron chi connectivity index (χ2n) is 8.74. The van der Waals surface area contributed by atoms with E-state index < -0.39 is 12.1 Å². The largest absolute Gasteiger partial charge is 0.508 e. The molecule has 180 valence electrons. The molecule has 0 radical (unpaired) electrons. The number of carbonyl (C=O) groups excluding carboxylic acids is 3. The molecular weight excluding hydrogens is 466 g/mol. The van der Waals surface area contributed by atoms with Gasteiger partial charge in [0.05, 0.1) is 11.0 Å². The van der Waals surface area contributed by atoms with Crippen molar-refractivity contribution in [1.29, 1.82) is 0 Å². The zero-order valence-electron chi connectivity index (χ0n) is 18.9. The van der Waals surface area contributed by atoms with Crippen LogP contribution in [-0.4, -0.2) is 63.9 Å². The first-order valence-electron chi connectivity index (χ1n) is 11.5. The predicted molar refractivity (Wildman–Crippen MR) is 130 cm³/mol. The van der Waals surface area contributed by atoms with E-state index in [1.807, 2.05) is 18.2 Å². The Balaban J connectivity index is 1.38. The lowest BCUT2D eigenvalue weighted by atomic mass is 9.95. The van der Waals surface area contributed by atoms with E-state index in [0.29, 0.717) is 11.4 Å². The molecule has 2 aliphatic heterocycles. The summed E-state index contributed by atoms with van der Waals surface area (Å²) in [5, 5.41) is 12.5. The number of aromatic hydroxyl groups is 1. The number of nitrogens with one attached hydrogen (secondary N) is 1. The van der Waals surface area contributed by atoms with Gasteiger partial charge in [0, 0.05) is 35.8 Å². The fourth-order valence-electron chi connectivity index (χ4n) is 4.66. The molecule has 3 aromatic rings. The van der Waals surface area contributed by atoms with Gasteiger partial charge in [0.1, 0.15) is 24.4 Å². The molecule has 1 aromatic carbocycles. The van der Waals surface area contributed by atoms with Gasteiger partial charge >= 0.3 is 0 Å². The number of Topliss-reactive ketones (excluding diaryl/α,β-unsaturated/α-hetero) is 1. The smallest absolute Gasteiger partial charge is 0.262 e. The molecule has 0 bridgehead atoms. The minimum absolute atomic E-state index is 0.0143. The number of hydrogen-bond donors (Lipinski definition) is 2. The fourth-order valence-corrected chi connectivity index (χ4v) is 5.56. The molecule has 2 amide bonds. The number of piperidine rings is 1. The Labute approximate surface area is 206 Å². The topological polar surface area (TPSA) is 109 Å². The lowest BCUT2D eigenvalue weighted by molar-refractivity contribution is -0.142. The Morgan fingerprint density at radius 3 is 2.80 bits per heavy atom. The van der Waals surface area contributed by atoms with Gasteiger partial charge in [-0.15, -0.1) is 11.3 Å². The molecule has 3 atom stereocenters. The number of aromatic nitrogens is 1. The number of rotatable bonds is 6. The summed E-state index contributed by atoms with van der Waals surface area (Å²) in [6, 6.07) is 12.4. The number of ether oxygens (including phenoxy) is 1. The van der Waals surface area contributed by atoms with Crippen LogP contribution in [0.15, 0.2) is 60.9 Å². The molecule has 9 heteroatoms. The quantitative estimate of drug-likeness (QED) is 0.549. The summed E-state index contributed by atoms with van der Waals surface area (Å²) < 4.78 is 5.59. The molecule has 35 heavy (non-hydrogen) atoms. The normalized spacial score (nSPS) is 20.3. The van der Waals surface area contributed by atoms with Crippen LogP contribution in [0.5, 0.6) is 5.75 Å². The molecule has 5 rings (SSSR count).